The second-order valence-corrected chi connectivity index (χ2v) is 5.76. The van der Waals surface area contributed by atoms with E-state index in [0.717, 1.165) is 0 Å². The number of hydrogen-bond donors (Lipinski definition) is 2. The molecule has 0 fully saturated rings. The van der Waals surface area contributed by atoms with Crippen molar-refractivity contribution in [3.63, 3.8) is 0 Å². The zero-order chi connectivity index (χ0) is 15.3. The predicted molar refractivity (Wildman–Crippen MR) is 77.5 cm³/mol. The Hall–Kier alpha value is -1.63. The number of carbonyl (C=O) groups excluding carboxylic acids is 1. The standard InChI is InChI=1S/C13H17BrN2O4/c1-3-13(2,6-12(19)20)15-10(17)8-16-7-9(14)4-5-11(16)18/h4-5,7H,3,6,8H2,1-2H3,(H,15,17)(H,19,20). The molecule has 0 saturated carbocycles. The first-order valence-electron chi connectivity index (χ1n) is 6.14. The number of carboxylic acid groups (broad SMARTS) is 1. The van der Waals surface area contributed by atoms with Gasteiger partial charge in [-0.1, -0.05) is 6.92 Å². The van der Waals surface area contributed by atoms with E-state index in [1.165, 1.54) is 16.8 Å². The van der Waals surface area contributed by atoms with Crippen LogP contribution in [0.15, 0.2) is 27.6 Å². The molecule has 7 heteroatoms. The third-order valence-corrected chi connectivity index (χ3v) is 3.49. The van der Waals surface area contributed by atoms with Gasteiger partial charge in [-0.05, 0) is 35.3 Å². The molecule has 1 atom stereocenters. The van der Waals surface area contributed by atoms with Gasteiger partial charge in [0.05, 0.1) is 6.42 Å². The van der Waals surface area contributed by atoms with Crippen molar-refractivity contribution in [1.82, 2.24) is 9.88 Å². The Balaban J connectivity index is 2.78. The van der Waals surface area contributed by atoms with Crippen molar-refractivity contribution in [2.24, 2.45) is 0 Å². The third kappa shape index (κ3) is 4.80. The second kappa shape index (κ2) is 6.69. The highest BCUT2D eigenvalue weighted by Gasteiger charge is 2.27. The Bertz CT molecular complexity index is 570. The number of carboxylic acids is 1. The molecule has 0 aliphatic rings. The molecule has 0 aromatic carbocycles. The van der Waals surface area contributed by atoms with Gasteiger partial charge in [-0.3, -0.25) is 14.4 Å². The molecule has 1 heterocycles. The highest BCUT2D eigenvalue weighted by molar-refractivity contribution is 9.10. The summed E-state index contributed by atoms with van der Waals surface area (Å²) < 4.78 is 1.95. The molecule has 110 valence electrons. The number of nitrogens with one attached hydrogen (secondary N) is 1. The zero-order valence-corrected chi connectivity index (χ0v) is 12.9. The number of nitrogens with zero attached hydrogens (tertiary/aromatic N) is 1. The van der Waals surface area contributed by atoms with Gasteiger partial charge in [0.15, 0.2) is 0 Å². The minimum absolute atomic E-state index is 0.145. The van der Waals surface area contributed by atoms with Crippen LogP contribution in [0.4, 0.5) is 0 Å². The zero-order valence-electron chi connectivity index (χ0n) is 11.4. The lowest BCUT2D eigenvalue weighted by atomic mass is 9.94. The molecule has 0 saturated heterocycles. The number of carbonyl (C=O) groups is 2. The van der Waals surface area contributed by atoms with Crippen LogP contribution in [0, 0.1) is 0 Å². The fourth-order valence-electron chi connectivity index (χ4n) is 1.75. The summed E-state index contributed by atoms with van der Waals surface area (Å²) in [5, 5.41) is 11.5. The van der Waals surface area contributed by atoms with Crippen molar-refractivity contribution in [3.8, 4) is 0 Å². The third-order valence-electron chi connectivity index (χ3n) is 3.02. The molecule has 1 rings (SSSR count). The van der Waals surface area contributed by atoms with Crippen LogP contribution in [0.5, 0.6) is 0 Å². The average Bonchev–Trinajstić information content (AvgIpc) is 2.32. The van der Waals surface area contributed by atoms with Gasteiger partial charge in [-0.2, -0.15) is 0 Å². The van der Waals surface area contributed by atoms with Crippen molar-refractivity contribution >= 4 is 27.8 Å². The molecular formula is C13H17BrN2O4. The summed E-state index contributed by atoms with van der Waals surface area (Å²) in [6.07, 6.45) is 1.84. The Kier molecular flexibility index (Phi) is 5.50. The Labute approximate surface area is 124 Å². The molecule has 0 aliphatic carbocycles. The van der Waals surface area contributed by atoms with Gasteiger partial charge in [-0.25, -0.2) is 0 Å². The molecule has 0 spiro atoms. The van der Waals surface area contributed by atoms with Crippen LogP contribution >= 0.6 is 15.9 Å². The smallest absolute Gasteiger partial charge is 0.305 e. The summed E-state index contributed by atoms with van der Waals surface area (Å²) in [6.45, 7) is 3.32. The van der Waals surface area contributed by atoms with Gasteiger partial charge in [0.25, 0.3) is 5.56 Å². The average molecular weight is 345 g/mol. The molecule has 0 radical (unpaired) electrons. The topological polar surface area (TPSA) is 88.4 Å². The molecule has 0 bridgehead atoms. The molecule has 20 heavy (non-hydrogen) atoms. The fraction of sp³-hybridized carbons (Fsp3) is 0.462. The number of rotatable bonds is 6. The highest BCUT2D eigenvalue weighted by atomic mass is 79.9. The van der Waals surface area contributed by atoms with Crippen LogP contribution in [-0.2, 0) is 16.1 Å². The van der Waals surface area contributed by atoms with Gasteiger partial charge in [0.2, 0.25) is 5.91 Å². The van der Waals surface area contributed by atoms with Gasteiger partial charge in [0, 0.05) is 22.3 Å². The minimum atomic E-state index is -0.978. The minimum Gasteiger partial charge on any atom is -0.481 e. The number of aromatic nitrogens is 1. The van der Waals surface area contributed by atoms with Gasteiger partial charge >= 0.3 is 5.97 Å². The molecule has 2 N–H and O–H groups in total. The SMILES string of the molecule is CCC(C)(CC(=O)O)NC(=O)Cn1cc(Br)ccc1=O. The lowest BCUT2D eigenvalue weighted by molar-refractivity contribution is -0.139. The Morgan fingerprint density at radius 3 is 2.65 bits per heavy atom. The number of aliphatic carboxylic acids is 1. The first-order chi connectivity index (χ1) is 9.25. The van der Waals surface area contributed by atoms with Crippen molar-refractivity contribution in [1.29, 1.82) is 0 Å². The van der Waals surface area contributed by atoms with E-state index in [9.17, 15) is 14.4 Å². The molecule has 1 aromatic rings. The number of halogens is 1. The van der Waals surface area contributed by atoms with Crippen LogP contribution < -0.4 is 10.9 Å². The van der Waals surface area contributed by atoms with E-state index >= 15 is 0 Å². The summed E-state index contributed by atoms with van der Waals surface area (Å²) in [6, 6.07) is 2.95. The lowest BCUT2D eigenvalue weighted by Gasteiger charge is -2.28. The maximum atomic E-state index is 12.0. The highest BCUT2D eigenvalue weighted by Crippen LogP contribution is 2.14. The van der Waals surface area contributed by atoms with Gasteiger partial charge in [-0.15, -0.1) is 0 Å². The van der Waals surface area contributed by atoms with Crippen molar-refractivity contribution in [2.75, 3.05) is 0 Å². The van der Waals surface area contributed by atoms with Crippen LogP contribution in [0.1, 0.15) is 26.7 Å². The van der Waals surface area contributed by atoms with Gasteiger partial charge in [0.1, 0.15) is 6.54 Å². The normalized spacial score (nSPS) is 13.6. The summed E-state index contributed by atoms with van der Waals surface area (Å²) >= 11 is 3.22. The largest absolute Gasteiger partial charge is 0.481 e. The quantitative estimate of drug-likeness (QED) is 0.815. The molecule has 0 aliphatic heterocycles. The van der Waals surface area contributed by atoms with Crippen LogP contribution in [0.25, 0.3) is 0 Å². The van der Waals surface area contributed by atoms with Gasteiger partial charge < -0.3 is 15.0 Å². The molecule has 1 aromatic heterocycles. The van der Waals surface area contributed by atoms with E-state index in [4.69, 9.17) is 5.11 Å². The van der Waals surface area contributed by atoms with E-state index < -0.39 is 17.4 Å². The number of hydrogen-bond acceptors (Lipinski definition) is 3. The van der Waals surface area contributed by atoms with Crippen molar-refractivity contribution < 1.29 is 14.7 Å². The maximum Gasteiger partial charge on any atom is 0.305 e. The van der Waals surface area contributed by atoms with Crippen molar-refractivity contribution in [2.45, 2.75) is 38.8 Å². The first kappa shape index (κ1) is 16.4. The van der Waals surface area contributed by atoms with E-state index in [0.29, 0.717) is 10.9 Å². The van der Waals surface area contributed by atoms with E-state index in [2.05, 4.69) is 21.2 Å². The summed E-state index contributed by atoms with van der Waals surface area (Å²) in [5.74, 6) is -1.37. The van der Waals surface area contributed by atoms with Crippen LogP contribution in [-0.4, -0.2) is 27.1 Å². The number of amides is 1. The van der Waals surface area contributed by atoms with Crippen LogP contribution in [0.3, 0.4) is 0 Å². The fourth-order valence-corrected chi connectivity index (χ4v) is 2.13. The lowest BCUT2D eigenvalue weighted by Crippen LogP contribution is -2.48. The molecule has 1 amide bonds. The summed E-state index contributed by atoms with van der Waals surface area (Å²) in [5.41, 5.74) is -1.11. The molecule has 6 nitrogen and oxygen atoms in total. The maximum absolute atomic E-state index is 12.0. The molecular weight excluding hydrogens is 328 g/mol. The second-order valence-electron chi connectivity index (χ2n) is 4.85. The Morgan fingerprint density at radius 2 is 2.10 bits per heavy atom. The summed E-state index contributed by atoms with van der Waals surface area (Å²) in [7, 11) is 0. The van der Waals surface area contributed by atoms with E-state index in [-0.39, 0.29) is 18.5 Å². The van der Waals surface area contributed by atoms with E-state index in [1.807, 2.05) is 0 Å². The Morgan fingerprint density at radius 1 is 1.45 bits per heavy atom. The number of pyridine rings is 1. The van der Waals surface area contributed by atoms with E-state index in [1.54, 1.807) is 19.9 Å². The summed E-state index contributed by atoms with van der Waals surface area (Å²) in [4.78, 5) is 34.3. The predicted octanol–water partition coefficient (Wildman–Crippen LogP) is 1.37. The van der Waals surface area contributed by atoms with Crippen LogP contribution in [0.2, 0.25) is 0 Å². The first-order valence-corrected chi connectivity index (χ1v) is 6.94. The molecule has 1 unspecified atom stereocenters. The van der Waals surface area contributed by atoms with Crippen molar-refractivity contribution in [3.05, 3.63) is 33.2 Å². The monoisotopic (exact) mass is 344 g/mol.